The van der Waals surface area contributed by atoms with Crippen LogP contribution in [0.15, 0.2) is 48.5 Å². The third-order valence-electron chi connectivity index (χ3n) is 5.18. The second-order valence-corrected chi connectivity index (χ2v) is 8.17. The second kappa shape index (κ2) is 11.4. The number of carbonyl (C=O) groups is 2. The molecule has 2 aromatic carbocycles. The molecule has 1 atom stereocenters. The van der Waals surface area contributed by atoms with Crippen molar-refractivity contribution in [2.24, 2.45) is 5.92 Å². The van der Waals surface area contributed by atoms with Crippen LogP contribution in [0.3, 0.4) is 0 Å². The van der Waals surface area contributed by atoms with Crippen LogP contribution in [0.5, 0.6) is 5.75 Å². The number of ether oxygens (including phenoxy) is 1. The SMILES string of the molecule is Cc1ccc(OCC(=O)N(CCc2ccccc2)[C@H](C)C(=O)NCC(C)C)cc1C. The van der Waals surface area contributed by atoms with Crippen molar-refractivity contribution < 1.29 is 14.3 Å². The lowest BCUT2D eigenvalue weighted by atomic mass is 10.1. The molecule has 0 aliphatic carbocycles. The molecule has 0 fully saturated rings. The first-order valence-corrected chi connectivity index (χ1v) is 10.6. The number of carbonyl (C=O) groups excluding carboxylic acids is 2. The van der Waals surface area contributed by atoms with E-state index in [4.69, 9.17) is 4.74 Å². The van der Waals surface area contributed by atoms with Gasteiger partial charge in [0.2, 0.25) is 5.91 Å². The Morgan fingerprint density at radius 1 is 1.00 bits per heavy atom. The standard InChI is InChI=1S/C25H34N2O3/c1-18(2)16-26-25(29)21(5)27(14-13-22-9-7-6-8-10-22)24(28)17-30-23-12-11-19(3)20(4)15-23/h6-12,15,18,21H,13-14,16-17H2,1-5H3,(H,26,29)/t21-/m1/s1. The van der Waals surface area contributed by atoms with Gasteiger partial charge in [-0.25, -0.2) is 0 Å². The molecule has 2 amide bonds. The maximum Gasteiger partial charge on any atom is 0.261 e. The van der Waals surface area contributed by atoms with Crippen LogP contribution in [0.2, 0.25) is 0 Å². The van der Waals surface area contributed by atoms with E-state index in [0.29, 0.717) is 31.2 Å². The van der Waals surface area contributed by atoms with Gasteiger partial charge >= 0.3 is 0 Å². The van der Waals surface area contributed by atoms with E-state index in [1.54, 1.807) is 11.8 Å². The molecule has 0 aliphatic heterocycles. The zero-order valence-corrected chi connectivity index (χ0v) is 18.8. The van der Waals surface area contributed by atoms with Gasteiger partial charge in [0.1, 0.15) is 11.8 Å². The predicted octanol–water partition coefficient (Wildman–Crippen LogP) is 3.91. The molecule has 5 nitrogen and oxygen atoms in total. The molecule has 0 unspecified atom stereocenters. The fraction of sp³-hybridized carbons (Fsp3) is 0.440. The maximum absolute atomic E-state index is 13.0. The lowest BCUT2D eigenvalue weighted by Gasteiger charge is -2.29. The number of hydrogen-bond donors (Lipinski definition) is 1. The van der Waals surface area contributed by atoms with E-state index < -0.39 is 6.04 Å². The summed E-state index contributed by atoms with van der Waals surface area (Å²) in [6.45, 7) is 10.8. The molecule has 0 aromatic heterocycles. The van der Waals surface area contributed by atoms with Gasteiger partial charge in [-0.15, -0.1) is 0 Å². The van der Waals surface area contributed by atoms with Gasteiger partial charge in [0, 0.05) is 13.1 Å². The van der Waals surface area contributed by atoms with E-state index in [0.717, 1.165) is 11.1 Å². The smallest absolute Gasteiger partial charge is 0.261 e. The van der Waals surface area contributed by atoms with Gasteiger partial charge in [-0.3, -0.25) is 9.59 Å². The minimum atomic E-state index is -0.566. The van der Waals surface area contributed by atoms with E-state index in [1.165, 1.54) is 5.56 Å². The van der Waals surface area contributed by atoms with Gasteiger partial charge in [-0.1, -0.05) is 50.2 Å². The highest BCUT2D eigenvalue weighted by atomic mass is 16.5. The van der Waals surface area contributed by atoms with Crippen molar-refractivity contribution in [2.45, 2.75) is 47.1 Å². The molecule has 0 aliphatic rings. The van der Waals surface area contributed by atoms with Crippen molar-refractivity contribution in [2.75, 3.05) is 19.7 Å². The monoisotopic (exact) mass is 410 g/mol. The zero-order valence-electron chi connectivity index (χ0n) is 18.8. The van der Waals surface area contributed by atoms with Crippen molar-refractivity contribution in [3.63, 3.8) is 0 Å². The molecule has 2 rings (SSSR count). The summed E-state index contributed by atoms with van der Waals surface area (Å²) >= 11 is 0. The Morgan fingerprint density at radius 3 is 2.33 bits per heavy atom. The molecule has 0 saturated carbocycles. The van der Waals surface area contributed by atoms with E-state index in [9.17, 15) is 9.59 Å². The molecule has 2 aromatic rings. The lowest BCUT2D eigenvalue weighted by Crippen LogP contribution is -2.50. The summed E-state index contributed by atoms with van der Waals surface area (Å²) in [5, 5.41) is 2.93. The van der Waals surface area contributed by atoms with Crippen LogP contribution in [0.1, 0.15) is 37.5 Å². The summed E-state index contributed by atoms with van der Waals surface area (Å²) in [5.74, 6) is 0.668. The number of nitrogens with one attached hydrogen (secondary N) is 1. The highest BCUT2D eigenvalue weighted by molar-refractivity contribution is 5.88. The van der Waals surface area contributed by atoms with Crippen LogP contribution < -0.4 is 10.1 Å². The van der Waals surface area contributed by atoms with E-state index in [-0.39, 0.29) is 18.4 Å². The summed E-state index contributed by atoms with van der Waals surface area (Å²) < 4.78 is 5.74. The summed E-state index contributed by atoms with van der Waals surface area (Å²) in [7, 11) is 0. The van der Waals surface area contributed by atoms with Gasteiger partial charge in [-0.05, 0) is 61.9 Å². The third kappa shape index (κ3) is 7.21. The Hall–Kier alpha value is -2.82. The highest BCUT2D eigenvalue weighted by Gasteiger charge is 2.26. The minimum absolute atomic E-state index is 0.0981. The fourth-order valence-electron chi connectivity index (χ4n) is 3.05. The Morgan fingerprint density at radius 2 is 1.70 bits per heavy atom. The van der Waals surface area contributed by atoms with Gasteiger partial charge in [0.15, 0.2) is 6.61 Å². The average Bonchev–Trinajstić information content (AvgIpc) is 2.73. The first kappa shape index (κ1) is 23.5. The maximum atomic E-state index is 13.0. The summed E-state index contributed by atoms with van der Waals surface area (Å²) in [6.07, 6.45) is 0.679. The highest BCUT2D eigenvalue weighted by Crippen LogP contribution is 2.17. The molecule has 5 heteroatoms. The topological polar surface area (TPSA) is 58.6 Å². The van der Waals surface area contributed by atoms with Crippen molar-refractivity contribution in [1.29, 1.82) is 0 Å². The lowest BCUT2D eigenvalue weighted by molar-refractivity contribution is -0.141. The Kier molecular flexibility index (Phi) is 8.90. The Balaban J connectivity index is 2.06. The molecule has 30 heavy (non-hydrogen) atoms. The molecule has 0 radical (unpaired) electrons. The Labute approximate surface area is 180 Å². The van der Waals surface area contributed by atoms with Crippen LogP contribution >= 0.6 is 0 Å². The Bertz CT molecular complexity index is 834. The largest absolute Gasteiger partial charge is 0.484 e. The molecule has 0 bridgehead atoms. The van der Waals surface area contributed by atoms with Gasteiger partial charge in [0.25, 0.3) is 5.91 Å². The second-order valence-electron chi connectivity index (χ2n) is 8.17. The van der Waals surface area contributed by atoms with Crippen LogP contribution in [0.25, 0.3) is 0 Å². The van der Waals surface area contributed by atoms with Gasteiger partial charge in [-0.2, -0.15) is 0 Å². The number of amides is 2. The van der Waals surface area contributed by atoms with E-state index in [2.05, 4.69) is 5.32 Å². The summed E-state index contributed by atoms with van der Waals surface area (Å²) in [6, 6.07) is 15.2. The van der Waals surface area contributed by atoms with Crippen molar-refractivity contribution in [1.82, 2.24) is 10.2 Å². The minimum Gasteiger partial charge on any atom is -0.484 e. The van der Waals surface area contributed by atoms with Crippen LogP contribution in [-0.2, 0) is 16.0 Å². The molecule has 1 N–H and O–H groups in total. The average molecular weight is 411 g/mol. The van der Waals surface area contributed by atoms with E-state index >= 15 is 0 Å². The zero-order chi connectivity index (χ0) is 22.1. The van der Waals surface area contributed by atoms with Gasteiger partial charge < -0.3 is 15.0 Å². The van der Waals surface area contributed by atoms with Gasteiger partial charge in [0.05, 0.1) is 0 Å². The number of nitrogens with zero attached hydrogens (tertiary/aromatic N) is 1. The number of aryl methyl sites for hydroxylation is 2. The van der Waals surface area contributed by atoms with Crippen molar-refractivity contribution >= 4 is 11.8 Å². The molecule has 0 saturated heterocycles. The summed E-state index contributed by atoms with van der Waals surface area (Å²) in [4.78, 5) is 27.2. The number of rotatable bonds is 10. The van der Waals surface area contributed by atoms with Crippen molar-refractivity contribution in [3.8, 4) is 5.75 Å². The number of benzene rings is 2. The molecule has 0 heterocycles. The van der Waals surface area contributed by atoms with Crippen LogP contribution in [-0.4, -0.2) is 42.5 Å². The molecule has 162 valence electrons. The van der Waals surface area contributed by atoms with Crippen molar-refractivity contribution in [3.05, 3.63) is 65.2 Å². The quantitative estimate of drug-likeness (QED) is 0.646. The van der Waals surface area contributed by atoms with Crippen LogP contribution in [0, 0.1) is 19.8 Å². The first-order valence-electron chi connectivity index (χ1n) is 10.6. The molecular weight excluding hydrogens is 376 g/mol. The molecular formula is C25H34N2O3. The fourth-order valence-corrected chi connectivity index (χ4v) is 3.05. The predicted molar refractivity (Wildman–Crippen MR) is 121 cm³/mol. The van der Waals surface area contributed by atoms with Crippen LogP contribution in [0.4, 0.5) is 0 Å². The summed E-state index contributed by atoms with van der Waals surface area (Å²) in [5.41, 5.74) is 3.41. The third-order valence-corrected chi connectivity index (χ3v) is 5.18. The molecule has 0 spiro atoms. The number of hydrogen-bond acceptors (Lipinski definition) is 3. The first-order chi connectivity index (χ1) is 14.3. The normalized spacial score (nSPS) is 11.8. The van der Waals surface area contributed by atoms with E-state index in [1.807, 2.05) is 76.2 Å².